The van der Waals surface area contributed by atoms with Crippen LogP contribution in [0.3, 0.4) is 0 Å². The van der Waals surface area contributed by atoms with E-state index in [-0.39, 0.29) is 11.9 Å². The fourth-order valence-corrected chi connectivity index (χ4v) is 4.84. The van der Waals surface area contributed by atoms with Crippen molar-refractivity contribution >= 4 is 35.0 Å². The lowest BCUT2D eigenvalue weighted by molar-refractivity contribution is -0.116. The van der Waals surface area contributed by atoms with Gasteiger partial charge in [0, 0.05) is 5.69 Å². The number of hydrogen-bond donors (Lipinski definition) is 2. The van der Waals surface area contributed by atoms with Crippen LogP contribution >= 0.6 is 23.4 Å². The first kappa shape index (κ1) is 20.6. The van der Waals surface area contributed by atoms with Crippen LogP contribution in [0.2, 0.25) is 5.02 Å². The molecule has 0 saturated carbocycles. The van der Waals surface area contributed by atoms with Crippen molar-refractivity contribution in [1.29, 1.82) is 0 Å². The Balaban J connectivity index is 1.69. The molecule has 0 spiro atoms. The third-order valence-corrected chi connectivity index (χ3v) is 6.54. The first-order valence-electron chi connectivity index (χ1n) is 9.44. The molecule has 2 heterocycles. The molecule has 0 aliphatic carbocycles. The number of hydrogen-bond acceptors (Lipinski definition) is 6. The Kier molecular flexibility index (Phi) is 5.62. The predicted molar refractivity (Wildman–Crippen MR) is 119 cm³/mol. The predicted octanol–water partition coefficient (Wildman–Crippen LogP) is 4.26. The highest BCUT2D eigenvalue weighted by Crippen LogP contribution is 2.39. The molecule has 0 fully saturated rings. The van der Waals surface area contributed by atoms with Crippen molar-refractivity contribution < 1.29 is 9.53 Å². The average Bonchev–Trinajstić information content (AvgIpc) is 3.09. The highest BCUT2D eigenvalue weighted by molar-refractivity contribution is 8.00. The quantitative estimate of drug-likeness (QED) is 0.627. The van der Waals surface area contributed by atoms with Crippen LogP contribution in [0.25, 0.3) is 0 Å². The van der Waals surface area contributed by atoms with Crippen molar-refractivity contribution in [2.45, 2.75) is 37.2 Å². The third-order valence-electron chi connectivity index (χ3n) is 5.03. The van der Waals surface area contributed by atoms with Crippen molar-refractivity contribution in [2.75, 3.05) is 17.9 Å². The number of nitrogens with zero attached hydrogens (tertiary/aromatic N) is 3. The maximum absolute atomic E-state index is 13.3. The molecule has 1 amide bonds. The van der Waals surface area contributed by atoms with Gasteiger partial charge in [-0.15, -0.1) is 10.2 Å². The van der Waals surface area contributed by atoms with E-state index >= 15 is 0 Å². The molecule has 9 heteroatoms. The van der Waals surface area contributed by atoms with Gasteiger partial charge in [-0.1, -0.05) is 47.1 Å². The molecule has 0 radical (unpaired) electrons. The summed E-state index contributed by atoms with van der Waals surface area (Å²) in [5, 5.41) is 12.0. The van der Waals surface area contributed by atoms with Gasteiger partial charge in [0.25, 0.3) is 0 Å². The average molecular weight is 444 g/mol. The second-order valence-electron chi connectivity index (χ2n) is 7.21. The number of amides is 1. The zero-order valence-corrected chi connectivity index (χ0v) is 18.6. The zero-order chi connectivity index (χ0) is 21.4. The molecule has 2 unspecified atom stereocenters. The molecule has 7 nitrogen and oxygen atoms in total. The van der Waals surface area contributed by atoms with Crippen molar-refractivity contribution in [1.82, 2.24) is 14.9 Å². The number of aryl methyl sites for hydroxylation is 3. The summed E-state index contributed by atoms with van der Waals surface area (Å²) in [6.45, 7) is 5.87. The van der Waals surface area contributed by atoms with Gasteiger partial charge in [0.2, 0.25) is 11.1 Å². The number of aromatic nitrogens is 3. The fraction of sp³-hybridized carbons (Fsp3) is 0.286. The van der Waals surface area contributed by atoms with Crippen LogP contribution in [-0.4, -0.2) is 33.1 Å². The van der Waals surface area contributed by atoms with Crippen LogP contribution in [0.5, 0.6) is 5.75 Å². The SMILES string of the molecule is COc1ccc(C2Nn3c(C)nnc3SC2C(=O)Nc2ccc(C)cc2C)cc1Cl. The smallest absolute Gasteiger partial charge is 0.240 e. The van der Waals surface area contributed by atoms with E-state index in [0.717, 1.165) is 28.2 Å². The molecule has 2 N–H and O–H groups in total. The molecule has 3 aromatic rings. The highest BCUT2D eigenvalue weighted by atomic mass is 35.5. The highest BCUT2D eigenvalue weighted by Gasteiger charge is 2.37. The summed E-state index contributed by atoms with van der Waals surface area (Å²) in [7, 11) is 1.57. The number of anilines is 1. The Labute approximate surface area is 184 Å². The summed E-state index contributed by atoms with van der Waals surface area (Å²) < 4.78 is 7.06. The van der Waals surface area contributed by atoms with Gasteiger partial charge in [-0.05, 0) is 50.1 Å². The summed E-state index contributed by atoms with van der Waals surface area (Å²) in [6, 6.07) is 11.1. The second-order valence-corrected chi connectivity index (χ2v) is 8.73. The molecule has 156 valence electrons. The van der Waals surface area contributed by atoms with E-state index in [1.807, 2.05) is 51.1 Å². The molecule has 30 heavy (non-hydrogen) atoms. The van der Waals surface area contributed by atoms with Crippen LogP contribution in [0.4, 0.5) is 5.69 Å². The van der Waals surface area contributed by atoms with Crippen molar-refractivity contribution in [3.8, 4) is 5.75 Å². The van der Waals surface area contributed by atoms with E-state index < -0.39 is 5.25 Å². The lowest BCUT2D eigenvalue weighted by Crippen LogP contribution is -2.41. The van der Waals surface area contributed by atoms with Gasteiger partial charge in [-0.3, -0.25) is 4.79 Å². The number of thioether (sulfide) groups is 1. The van der Waals surface area contributed by atoms with Crippen LogP contribution in [0.15, 0.2) is 41.6 Å². The molecule has 1 aliphatic rings. The first-order valence-corrected chi connectivity index (χ1v) is 10.7. The van der Waals surface area contributed by atoms with Gasteiger partial charge in [-0.25, -0.2) is 4.68 Å². The van der Waals surface area contributed by atoms with Gasteiger partial charge < -0.3 is 15.5 Å². The van der Waals surface area contributed by atoms with E-state index in [2.05, 4.69) is 20.9 Å². The summed E-state index contributed by atoms with van der Waals surface area (Å²) in [4.78, 5) is 13.3. The standard InChI is InChI=1S/C21H22ClN5O2S/c1-11-5-7-16(12(2)9-11)23-20(28)19-18(14-6-8-17(29-4)15(22)10-14)26-27-13(3)24-25-21(27)30-19/h5-10,18-19,26H,1-4H3,(H,23,28). The van der Waals surface area contributed by atoms with E-state index in [4.69, 9.17) is 16.3 Å². The largest absolute Gasteiger partial charge is 0.495 e. The minimum absolute atomic E-state index is 0.122. The minimum atomic E-state index is -0.480. The number of rotatable bonds is 4. The van der Waals surface area contributed by atoms with Gasteiger partial charge in [0.05, 0.1) is 18.2 Å². The maximum atomic E-state index is 13.3. The van der Waals surface area contributed by atoms with Gasteiger partial charge in [0.15, 0.2) is 0 Å². The fourth-order valence-electron chi connectivity index (χ4n) is 3.44. The van der Waals surface area contributed by atoms with Crippen LogP contribution in [-0.2, 0) is 4.79 Å². The minimum Gasteiger partial charge on any atom is -0.495 e. The molecule has 1 aliphatic heterocycles. The molecule has 0 bridgehead atoms. The molecule has 2 atom stereocenters. The lowest BCUT2D eigenvalue weighted by atomic mass is 10.0. The second kappa shape index (κ2) is 8.20. The zero-order valence-electron chi connectivity index (χ0n) is 17.1. The topological polar surface area (TPSA) is 81.1 Å². The Hall–Kier alpha value is -2.71. The first-order chi connectivity index (χ1) is 14.4. The van der Waals surface area contributed by atoms with E-state index in [1.54, 1.807) is 17.9 Å². The summed E-state index contributed by atoms with van der Waals surface area (Å²) in [5.41, 5.74) is 7.20. The number of ether oxygens (including phenoxy) is 1. The summed E-state index contributed by atoms with van der Waals surface area (Å²) in [5.74, 6) is 1.18. The van der Waals surface area contributed by atoms with Crippen molar-refractivity contribution in [3.05, 3.63) is 63.9 Å². The van der Waals surface area contributed by atoms with Crippen LogP contribution < -0.4 is 15.5 Å². The third kappa shape index (κ3) is 3.85. The number of fused-ring (bicyclic) bond motifs is 1. The van der Waals surface area contributed by atoms with Gasteiger partial charge >= 0.3 is 0 Å². The Morgan fingerprint density at radius 2 is 2.00 bits per heavy atom. The Bertz CT molecular complexity index is 1120. The Morgan fingerprint density at radius 1 is 1.20 bits per heavy atom. The lowest BCUT2D eigenvalue weighted by Gasteiger charge is -2.33. The maximum Gasteiger partial charge on any atom is 0.240 e. The Morgan fingerprint density at radius 3 is 2.70 bits per heavy atom. The van der Waals surface area contributed by atoms with Crippen molar-refractivity contribution in [3.63, 3.8) is 0 Å². The number of carbonyl (C=O) groups is 1. The van der Waals surface area contributed by atoms with Crippen molar-refractivity contribution in [2.24, 2.45) is 0 Å². The molecule has 4 rings (SSSR count). The molecule has 2 aromatic carbocycles. The van der Waals surface area contributed by atoms with E-state index in [9.17, 15) is 4.79 Å². The van der Waals surface area contributed by atoms with Gasteiger partial charge in [-0.2, -0.15) is 0 Å². The number of nitrogens with one attached hydrogen (secondary N) is 2. The number of methoxy groups -OCH3 is 1. The van der Waals surface area contributed by atoms with Gasteiger partial charge in [0.1, 0.15) is 16.8 Å². The monoisotopic (exact) mass is 443 g/mol. The molecular formula is C21H22ClN5O2S. The summed E-state index contributed by atoms with van der Waals surface area (Å²) >= 11 is 7.73. The number of benzene rings is 2. The molecular weight excluding hydrogens is 422 g/mol. The number of carbonyl (C=O) groups excluding carboxylic acids is 1. The van der Waals surface area contributed by atoms with E-state index in [1.165, 1.54) is 11.8 Å². The molecule has 1 aromatic heterocycles. The summed E-state index contributed by atoms with van der Waals surface area (Å²) in [6.07, 6.45) is 0. The van der Waals surface area contributed by atoms with Crippen LogP contribution in [0, 0.1) is 20.8 Å². The number of halogens is 1. The van der Waals surface area contributed by atoms with E-state index in [0.29, 0.717) is 15.9 Å². The molecule has 0 saturated heterocycles. The van der Waals surface area contributed by atoms with Crippen LogP contribution in [0.1, 0.15) is 28.6 Å². The normalized spacial score (nSPS) is 17.8.